The molecule has 1 aliphatic carbocycles. The summed E-state index contributed by atoms with van der Waals surface area (Å²) in [4.78, 5) is 23.3. The summed E-state index contributed by atoms with van der Waals surface area (Å²) < 4.78 is 1.81. The van der Waals surface area contributed by atoms with Gasteiger partial charge in [-0.25, -0.2) is 4.68 Å². The van der Waals surface area contributed by atoms with Crippen molar-refractivity contribution in [1.29, 1.82) is 0 Å². The van der Waals surface area contributed by atoms with Crippen LogP contribution in [0.2, 0.25) is 0 Å². The van der Waals surface area contributed by atoms with E-state index in [-0.39, 0.29) is 13.2 Å². The second-order valence-electron chi connectivity index (χ2n) is 5.54. The molecule has 1 aromatic carbocycles. The van der Waals surface area contributed by atoms with Gasteiger partial charge < -0.3 is 15.7 Å². The Balaban J connectivity index is 1.61. The summed E-state index contributed by atoms with van der Waals surface area (Å²) in [5.41, 5.74) is 1.35. The maximum Gasteiger partial charge on any atom is 0.313 e. The number of carbonyl (C=O) groups is 2. The zero-order valence-corrected chi connectivity index (χ0v) is 13.0. The van der Waals surface area contributed by atoms with Gasteiger partial charge >= 0.3 is 11.8 Å². The van der Waals surface area contributed by atoms with Crippen LogP contribution in [0, 0.1) is 0 Å². The first kappa shape index (κ1) is 16.1. The van der Waals surface area contributed by atoms with Crippen LogP contribution >= 0.6 is 0 Å². The Morgan fingerprint density at radius 1 is 1.21 bits per heavy atom. The molecule has 9 heteroatoms. The van der Waals surface area contributed by atoms with Gasteiger partial charge in [0.25, 0.3) is 0 Å². The average molecular weight is 330 g/mol. The van der Waals surface area contributed by atoms with Gasteiger partial charge in [0.2, 0.25) is 0 Å². The number of nitrogens with zero attached hydrogens (tertiary/aromatic N) is 4. The highest BCUT2D eigenvalue weighted by molar-refractivity contribution is 6.39. The standard InChI is InChI=1S/C15H18N6O3/c22-9-1-8-16-14(23)15(24)17-11-4-2-10(3-5-11)13-18-19-20-21(13)12-6-7-12/h2-5,12,22H,1,6-9H2,(H,16,23)(H,17,24). The van der Waals surface area contributed by atoms with Gasteiger partial charge in [-0.3, -0.25) is 9.59 Å². The molecule has 1 aromatic heterocycles. The first-order valence-electron chi connectivity index (χ1n) is 7.77. The number of hydrogen-bond donors (Lipinski definition) is 3. The molecule has 1 aliphatic rings. The van der Waals surface area contributed by atoms with E-state index in [1.54, 1.807) is 24.3 Å². The van der Waals surface area contributed by atoms with Crippen LogP contribution in [0.4, 0.5) is 5.69 Å². The number of rotatable bonds is 6. The maximum absolute atomic E-state index is 11.7. The Kier molecular flexibility index (Phi) is 4.80. The van der Waals surface area contributed by atoms with Crippen molar-refractivity contribution in [3.8, 4) is 11.4 Å². The number of aliphatic hydroxyl groups is 1. The number of aliphatic hydroxyl groups excluding tert-OH is 1. The van der Waals surface area contributed by atoms with Crippen molar-refractivity contribution in [2.24, 2.45) is 0 Å². The monoisotopic (exact) mass is 330 g/mol. The lowest BCUT2D eigenvalue weighted by Crippen LogP contribution is -2.36. The third kappa shape index (κ3) is 3.74. The first-order valence-corrected chi connectivity index (χ1v) is 7.77. The largest absolute Gasteiger partial charge is 0.396 e. The highest BCUT2D eigenvalue weighted by atomic mass is 16.3. The summed E-state index contributed by atoms with van der Waals surface area (Å²) in [5.74, 6) is -0.786. The quantitative estimate of drug-likeness (QED) is 0.510. The van der Waals surface area contributed by atoms with Crippen molar-refractivity contribution in [3.63, 3.8) is 0 Å². The fourth-order valence-corrected chi connectivity index (χ4v) is 2.20. The lowest BCUT2D eigenvalue weighted by atomic mass is 10.2. The molecular formula is C15H18N6O3. The van der Waals surface area contributed by atoms with Crippen LogP contribution in [0.5, 0.6) is 0 Å². The van der Waals surface area contributed by atoms with E-state index in [9.17, 15) is 9.59 Å². The van der Waals surface area contributed by atoms with Crippen LogP contribution in [-0.4, -0.2) is 50.3 Å². The van der Waals surface area contributed by atoms with Gasteiger partial charge in [0.1, 0.15) is 0 Å². The molecule has 1 saturated carbocycles. The minimum atomic E-state index is -0.747. The highest BCUT2D eigenvalue weighted by Crippen LogP contribution is 2.36. The molecule has 2 aromatic rings. The maximum atomic E-state index is 11.7. The van der Waals surface area contributed by atoms with Crippen molar-refractivity contribution in [3.05, 3.63) is 24.3 Å². The van der Waals surface area contributed by atoms with E-state index in [4.69, 9.17) is 5.11 Å². The van der Waals surface area contributed by atoms with Crippen LogP contribution in [0.3, 0.4) is 0 Å². The minimum absolute atomic E-state index is 0.0380. The minimum Gasteiger partial charge on any atom is -0.396 e. The average Bonchev–Trinajstić information content (AvgIpc) is 3.32. The Labute approximate surface area is 138 Å². The lowest BCUT2D eigenvalue weighted by molar-refractivity contribution is -0.136. The second-order valence-corrected chi connectivity index (χ2v) is 5.54. The molecule has 3 rings (SSSR count). The summed E-state index contributed by atoms with van der Waals surface area (Å²) in [6, 6.07) is 7.35. The summed E-state index contributed by atoms with van der Waals surface area (Å²) in [7, 11) is 0. The number of nitrogens with one attached hydrogen (secondary N) is 2. The number of carbonyl (C=O) groups excluding carboxylic acids is 2. The Morgan fingerprint density at radius 2 is 1.96 bits per heavy atom. The summed E-state index contributed by atoms with van der Waals surface area (Å²) >= 11 is 0. The van der Waals surface area contributed by atoms with Crippen molar-refractivity contribution in [2.45, 2.75) is 25.3 Å². The fraction of sp³-hybridized carbons (Fsp3) is 0.400. The molecule has 0 spiro atoms. The molecule has 1 heterocycles. The van der Waals surface area contributed by atoms with E-state index in [2.05, 4.69) is 26.2 Å². The molecule has 2 amide bonds. The summed E-state index contributed by atoms with van der Waals surface area (Å²) in [6.07, 6.45) is 2.57. The number of anilines is 1. The topological polar surface area (TPSA) is 122 Å². The molecule has 0 bridgehead atoms. The summed E-state index contributed by atoms with van der Waals surface area (Å²) in [5, 5.41) is 25.3. The smallest absolute Gasteiger partial charge is 0.313 e. The molecule has 0 unspecified atom stereocenters. The van der Waals surface area contributed by atoms with E-state index >= 15 is 0 Å². The van der Waals surface area contributed by atoms with E-state index in [0.717, 1.165) is 18.4 Å². The lowest BCUT2D eigenvalue weighted by Gasteiger charge is -2.07. The van der Waals surface area contributed by atoms with Crippen molar-refractivity contribution < 1.29 is 14.7 Å². The zero-order valence-electron chi connectivity index (χ0n) is 13.0. The predicted molar refractivity (Wildman–Crippen MR) is 84.9 cm³/mol. The van der Waals surface area contributed by atoms with E-state index in [0.29, 0.717) is 24.0 Å². The Bertz CT molecular complexity index is 723. The molecule has 0 saturated heterocycles. The number of tetrazole rings is 1. The van der Waals surface area contributed by atoms with E-state index in [1.807, 2.05) is 4.68 Å². The number of hydrogen-bond acceptors (Lipinski definition) is 6. The van der Waals surface area contributed by atoms with Gasteiger partial charge in [0, 0.05) is 24.4 Å². The van der Waals surface area contributed by atoms with E-state index in [1.165, 1.54) is 0 Å². The molecular weight excluding hydrogens is 312 g/mol. The third-order valence-corrected chi connectivity index (χ3v) is 3.61. The zero-order chi connectivity index (χ0) is 16.9. The van der Waals surface area contributed by atoms with Crippen molar-refractivity contribution >= 4 is 17.5 Å². The van der Waals surface area contributed by atoms with Crippen LogP contribution < -0.4 is 10.6 Å². The van der Waals surface area contributed by atoms with E-state index < -0.39 is 11.8 Å². The van der Waals surface area contributed by atoms with Gasteiger partial charge in [-0.1, -0.05) is 0 Å². The predicted octanol–water partition coefficient (Wildman–Crippen LogP) is 0.112. The Morgan fingerprint density at radius 3 is 2.62 bits per heavy atom. The van der Waals surface area contributed by atoms with Crippen LogP contribution in [0.15, 0.2) is 24.3 Å². The van der Waals surface area contributed by atoms with Gasteiger partial charge in [-0.05, 0) is 54.0 Å². The number of aromatic nitrogens is 4. The third-order valence-electron chi connectivity index (χ3n) is 3.61. The van der Waals surface area contributed by atoms with Gasteiger partial charge in [0.05, 0.1) is 6.04 Å². The van der Waals surface area contributed by atoms with Gasteiger partial charge in [0.15, 0.2) is 5.82 Å². The molecule has 9 nitrogen and oxygen atoms in total. The molecule has 0 radical (unpaired) electrons. The van der Waals surface area contributed by atoms with Crippen LogP contribution in [-0.2, 0) is 9.59 Å². The number of benzene rings is 1. The van der Waals surface area contributed by atoms with Crippen LogP contribution in [0.1, 0.15) is 25.3 Å². The fourth-order valence-electron chi connectivity index (χ4n) is 2.20. The first-order chi connectivity index (χ1) is 11.7. The van der Waals surface area contributed by atoms with Crippen molar-refractivity contribution in [1.82, 2.24) is 25.5 Å². The highest BCUT2D eigenvalue weighted by Gasteiger charge is 2.28. The molecule has 0 atom stereocenters. The number of amides is 2. The SMILES string of the molecule is O=C(NCCCO)C(=O)Nc1ccc(-c2nnnn2C2CC2)cc1. The van der Waals surface area contributed by atoms with Gasteiger partial charge in [-0.2, -0.15) is 0 Å². The molecule has 0 aliphatic heterocycles. The van der Waals surface area contributed by atoms with Crippen molar-refractivity contribution in [2.75, 3.05) is 18.5 Å². The van der Waals surface area contributed by atoms with Gasteiger partial charge in [-0.15, -0.1) is 5.10 Å². The molecule has 1 fully saturated rings. The molecule has 126 valence electrons. The summed E-state index contributed by atoms with van der Waals surface area (Å²) in [6.45, 7) is 0.217. The normalized spacial score (nSPS) is 13.5. The molecule has 24 heavy (non-hydrogen) atoms. The molecule has 3 N–H and O–H groups in total. The Hall–Kier alpha value is -2.81. The van der Waals surface area contributed by atoms with Crippen LogP contribution in [0.25, 0.3) is 11.4 Å². The second kappa shape index (κ2) is 7.18.